The second-order valence-electron chi connectivity index (χ2n) is 5.94. The van der Waals surface area contributed by atoms with Crippen molar-refractivity contribution in [3.8, 4) is 11.6 Å². The number of amides is 1. The molecule has 0 aliphatic rings. The van der Waals surface area contributed by atoms with Gasteiger partial charge in [0.15, 0.2) is 17.2 Å². The summed E-state index contributed by atoms with van der Waals surface area (Å²) in [6, 6.07) is 10.6. The van der Waals surface area contributed by atoms with Gasteiger partial charge in [-0.1, -0.05) is 12.1 Å². The maximum atomic E-state index is 12.8. The molecule has 3 heterocycles. The van der Waals surface area contributed by atoms with Crippen LogP contribution in [0.4, 0.5) is 0 Å². The highest BCUT2D eigenvalue weighted by Crippen LogP contribution is 2.31. The molecule has 0 spiro atoms. The zero-order chi connectivity index (χ0) is 18.8. The number of furan rings is 1. The normalized spacial score (nSPS) is 12.1. The molecule has 0 saturated carbocycles. The number of para-hydroxylation sites is 1. The highest BCUT2D eigenvalue weighted by atomic mass is 16.5. The molecule has 27 heavy (non-hydrogen) atoms. The summed E-state index contributed by atoms with van der Waals surface area (Å²) in [5, 5.41) is 7.90. The van der Waals surface area contributed by atoms with Gasteiger partial charge in [0.1, 0.15) is 18.4 Å². The summed E-state index contributed by atoms with van der Waals surface area (Å²) in [5.74, 6) is 1.41. The number of carbonyl (C=O) groups is 1. The van der Waals surface area contributed by atoms with E-state index in [2.05, 4.69) is 20.4 Å². The Kier molecular flexibility index (Phi) is 4.29. The lowest BCUT2D eigenvalue weighted by molar-refractivity contribution is 0.0935. The van der Waals surface area contributed by atoms with Crippen LogP contribution in [0.25, 0.3) is 16.8 Å². The maximum Gasteiger partial charge on any atom is 0.255 e. The highest BCUT2D eigenvalue weighted by molar-refractivity contribution is 5.97. The van der Waals surface area contributed by atoms with Crippen LogP contribution in [-0.2, 0) is 0 Å². The second kappa shape index (κ2) is 6.91. The van der Waals surface area contributed by atoms with Crippen LogP contribution in [0.3, 0.4) is 0 Å². The third-order valence-corrected chi connectivity index (χ3v) is 4.19. The first-order valence-electron chi connectivity index (χ1n) is 8.34. The summed E-state index contributed by atoms with van der Waals surface area (Å²) >= 11 is 0. The molecule has 0 aliphatic carbocycles. The fourth-order valence-corrected chi connectivity index (χ4v) is 2.85. The molecule has 0 unspecified atom stereocenters. The maximum absolute atomic E-state index is 12.8. The number of ether oxygens (including phenoxy) is 1. The number of rotatable bonds is 5. The van der Waals surface area contributed by atoms with Gasteiger partial charge in [-0.3, -0.25) is 4.79 Å². The van der Waals surface area contributed by atoms with Gasteiger partial charge in [0.05, 0.1) is 18.7 Å². The van der Waals surface area contributed by atoms with Crippen molar-refractivity contribution in [2.75, 3.05) is 7.11 Å². The molecule has 0 aliphatic heterocycles. The molecule has 1 amide bonds. The number of benzene rings is 1. The summed E-state index contributed by atoms with van der Waals surface area (Å²) in [5.41, 5.74) is 1.05. The zero-order valence-electron chi connectivity index (χ0n) is 14.8. The fourth-order valence-electron chi connectivity index (χ4n) is 2.85. The van der Waals surface area contributed by atoms with Gasteiger partial charge in [-0.2, -0.15) is 5.10 Å². The largest absolute Gasteiger partial charge is 0.493 e. The minimum atomic E-state index is -0.349. The lowest BCUT2D eigenvalue weighted by Crippen LogP contribution is -2.27. The molecule has 4 aromatic rings. The smallest absolute Gasteiger partial charge is 0.255 e. The van der Waals surface area contributed by atoms with Crippen LogP contribution in [0.15, 0.2) is 59.7 Å². The second-order valence-corrected chi connectivity index (χ2v) is 5.94. The van der Waals surface area contributed by atoms with E-state index < -0.39 is 0 Å². The molecule has 8 nitrogen and oxygen atoms in total. The van der Waals surface area contributed by atoms with Crippen LogP contribution in [0.1, 0.15) is 29.1 Å². The molecule has 1 N–H and O–H groups in total. The van der Waals surface area contributed by atoms with Gasteiger partial charge in [0.2, 0.25) is 0 Å². The van der Waals surface area contributed by atoms with Crippen LogP contribution in [0.2, 0.25) is 0 Å². The van der Waals surface area contributed by atoms with Gasteiger partial charge in [0.25, 0.3) is 5.91 Å². The molecule has 3 aromatic heterocycles. The topological polar surface area (TPSA) is 95.1 Å². The Labute approximate surface area is 154 Å². The number of aromatic nitrogens is 4. The van der Waals surface area contributed by atoms with Crippen molar-refractivity contribution in [3.63, 3.8) is 0 Å². The first-order valence-corrected chi connectivity index (χ1v) is 8.34. The molecule has 8 heteroatoms. The third kappa shape index (κ3) is 3.12. The van der Waals surface area contributed by atoms with E-state index in [0.29, 0.717) is 28.5 Å². The molecular weight excluding hydrogens is 346 g/mol. The highest BCUT2D eigenvalue weighted by Gasteiger charge is 2.20. The molecule has 0 radical (unpaired) electrons. The molecule has 0 saturated heterocycles. The Morgan fingerprint density at radius 1 is 1.30 bits per heavy atom. The number of nitrogens with one attached hydrogen (secondary N) is 1. The molecule has 136 valence electrons. The van der Waals surface area contributed by atoms with Crippen molar-refractivity contribution in [1.82, 2.24) is 25.1 Å². The summed E-state index contributed by atoms with van der Waals surface area (Å²) in [7, 11) is 1.59. The van der Waals surface area contributed by atoms with Crippen LogP contribution in [0.5, 0.6) is 5.75 Å². The molecular formula is C19H17N5O3. The molecule has 4 rings (SSSR count). The summed E-state index contributed by atoms with van der Waals surface area (Å²) < 4.78 is 12.7. The van der Waals surface area contributed by atoms with Gasteiger partial charge >= 0.3 is 0 Å². The molecule has 0 bridgehead atoms. The Bertz CT molecular complexity index is 1090. The SMILES string of the molecule is COc1cccc2cc([C@H](C)NC(=O)c3cccnc3-n3cncn3)oc12. The van der Waals surface area contributed by atoms with E-state index in [9.17, 15) is 4.79 Å². The summed E-state index contributed by atoms with van der Waals surface area (Å²) in [4.78, 5) is 20.9. The molecule has 1 atom stereocenters. The number of methoxy groups -OCH3 is 1. The van der Waals surface area contributed by atoms with Crippen molar-refractivity contribution in [2.45, 2.75) is 13.0 Å². The monoisotopic (exact) mass is 363 g/mol. The van der Waals surface area contributed by atoms with Crippen LogP contribution in [0, 0.1) is 0 Å². The zero-order valence-corrected chi connectivity index (χ0v) is 14.8. The van der Waals surface area contributed by atoms with Gasteiger partial charge in [-0.15, -0.1) is 0 Å². The lowest BCUT2D eigenvalue weighted by Gasteiger charge is -2.13. The summed E-state index contributed by atoms with van der Waals surface area (Å²) in [6.07, 6.45) is 4.48. The standard InChI is InChI=1S/C19H17N5O3/c1-12(16-9-13-5-3-7-15(26-2)17(13)27-16)23-19(25)14-6-4-8-21-18(14)24-11-20-10-22-24/h3-12H,1-2H3,(H,23,25)/t12-/m0/s1. The third-order valence-electron chi connectivity index (χ3n) is 4.19. The fraction of sp³-hybridized carbons (Fsp3) is 0.158. The Hall–Kier alpha value is -3.68. The van der Waals surface area contributed by atoms with Crippen LogP contribution >= 0.6 is 0 Å². The number of carbonyl (C=O) groups excluding carboxylic acids is 1. The Balaban J connectivity index is 1.61. The van der Waals surface area contributed by atoms with Crippen molar-refractivity contribution < 1.29 is 13.9 Å². The van der Waals surface area contributed by atoms with Gasteiger partial charge in [-0.25, -0.2) is 14.6 Å². The lowest BCUT2D eigenvalue weighted by atomic mass is 10.2. The Morgan fingerprint density at radius 3 is 2.96 bits per heavy atom. The van der Waals surface area contributed by atoms with Crippen molar-refractivity contribution >= 4 is 16.9 Å². The summed E-state index contributed by atoms with van der Waals surface area (Å²) in [6.45, 7) is 1.85. The van der Waals surface area contributed by atoms with E-state index >= 15 is 0 Å². The predicted molar refractivity (Wildman–Crippen MR) is 97.8 cm³/mol. The number of nitrogens with zero attached hydrogens (tertiary/aromatic N) is 4. The molecule has 1 aromatic carbocycles. The van der Waals surface area contributed by atoms with E-state index in [-0.39, 0.29) is 11.9 Å². The number of hydrogen-bond donors (Lipinski definition) is 1. The van der Waals surface area contributed by atoms with E-state index in [4.69, 9.17) is 9.15 Å². The Morgan fingerprint density at radius 2 is 2.19 bits per heavy atom. The van der Waals surface area contributed by atoms with Gasteiger partial charge in [0, 0.05) is 11.6 Å². The van der Waals surface area contributed by atoms with Crippen molar-refractivity contribution in [3.05, 3.63) is 66.6 Å². The first-order chi connectivity index (χ1) is 13.2. The average molecular weight is 363 g/mol. The van der Waals surface area contributed by atoms with E-state index in [1.165, 1.54) is 17.3 Å². The average Bonchev–Trinajstić information content (AvgIpc) is 3.37. The first kappa shape index (κ1) is 16.8. The van der Waals surface area contributed by atoms with Gasteiger partial charge < -0.3 is 14.5 Å². The van der Waals surface area contributed by atoms with E-state index in [1.54, 1.807) is 25.4 Å². The van der Waals surface area contributed by atoms with Gasteiger partial charge in [-0.05, 0) is 31.2 Å². The van der Waals surface area contributed by atoms with E-state index in [0.717, 1.165) is 5.39 Å². The van der Waals surface area contributed by atoms with Crippen molar-refractivity contribution in [2.24, 2.45) is 0 Å². The minimum absolute atomic E-state index is 0.284. The van der Waals surface area contributed by atoms with Crippen molar-refractivity contribution in [1.29, 1.82) is 0 Å². The number of fused-ring (bicyclic) bond motifs is 1. The van der Waals surface area contributed by atoms with Crippen LogP contribution < -0.4 is 10.1 Å². The number of hydrogen-bond acceptors (Lipinski definition) is 6. The number of pyridine rings is 1. The quantitative estimate of drug-likeness (QED) is 0.586. The predicted octanol–water partition coefficient (Wildman–Crippen LogP) is 2.91. The molecule has 0 fully saturated rings. The van der Waals surface area contributed by atoms with Crippen LogP contribution in [-0.4, -0.2) is 32.8 Å². The minimum Gasteiger partial charge on any atom is -0.493 e. The van der Waals surface area contributed by atoms with E-state index in [1.807, 2.05) is 31.2 Å².